The molecule has 0 aliphatic carbocycles. The summed E-state index contributed by atoms with van der Waals surface area (Å²) in [6.07, 6.45) is 4.41. The molecule has 0 spiro atoms. The molecule has 2 aromatic rings. The van der Waals surface area contributed by atoms with Gasteiger partial charge < -0.3 is 25.3 Å². The highest BCUT2D eigenvalue weighted by atomic mass is 32.2. The Hall–Kier alpha value is -3.22. The SMILES string of the molecule is Cc1ccc(S(=O)(=O)N2CCCCC2)cc1NC(=O)CNCc1ccco1.O=C(O)C(=O)O. The number of rotatable bonds is 7. The maximum atomic E-state index is 12.8. The van der Waals surface area contributed by atoms with Gasteiger partial charge in [-0.05, 0) is 49.6 Å². The first-order chi connectivity index (χ1) is 15.6. The van der Waals surface area contributed by atoms with Crippen molar-refractivity contribution in [2.75, 3.05) is 25.0 Å². The van der Waals surface area contributed by atoms with Gasteiger partial charge in [-0.15, -0.1) is 0 Å². The summed E-state index contributed by atoms with van der Waals surface area (Å²) in [7, 11) is -3.53. The normalized spacial score (nSPS) is 14.1. The summed E-state index contributed by atoms with van der Waals surface area (Å²) < 4.78 is 32.4. The lowest BCUT2D eigenvalue weighted by Gasteiger charge is -2.26. The van der Waals surface area contributed by atoms with Gasteiger partial charge in [-0.1, -0.05) is 12.5 Å². The molecule has 0 radical (unpaired) electrons. The summed E-state index contributed by atoms with van der Waals surface area (Å²) in [5.41, 5.74) is 1.32. The van der Waals surface area contributed by atoms with Crippen molar-refractivity contribution in [1.82, 2.24) is 9.62 Å². The number of piperidine rings is 1. The van der Waals surface area contributed by atoms with Crippen molar-refractivity contribution >= 4 is 33.6 Å². The Morgan fingerprint density at radius 1 is 1.06 bits per heavy atom. The lowest BCUT2D eigenvalue weighted by molar-refractivity contribution is -0.159. The fourth-order valence-corrected chi connectivity index (χ4v) is 4.60. The van der Waals surface area contributed by atoms with Crippen molar-refractivity contribution in [2.24, 2.45) is 0 Å². The van der Waals surface area contributed by atoms with E-state index in [1.165, 1.54) is 4.31 Å². The molecule has 1 aromatic heterocycles. The van der Waals surface area contributed by atoms with E-state index < -0.39 is 22.0 Å². The van der Waals surface area contributed by atoms with Crippen LogP contribution < -0.4 is 10.6 Å². The number of amides is 1. The van der Waals surface area contributed by atoms with E-state index in [9.17, 15) is 13.2 Å². The van der Waals surface area contributed by atoms with E-state index >= 15 is 0 Å². The second-order valence-corrected chi connectivity index (χ2v) is 9.22. The first-order valence-corrected chi connectivity index (χ1v) is 11.6. The van der Waals surface area contributed by atoms with Crippen LogP contribution in [0.3, 0.4) is 0 Å². The van der Waals surface area contributed by atoms with Crippen LogP contribution in [-0.4, -0.2) is 60.4 Å². The molecule has 2 heterocycles. The zero-order valence-corrected chi connectivity index (χ0v) is 18.9. The predicted octanol–water partition coefficient (Wildman–Crippen LogP) is 1.65. The highest BCUT2D eigenvalue weighted by Crippen LogP contribution is 2.25. The molecule has 0 atom stereocenters. The Bertz CT molecular complexity index is 1050. The zero-order valence-electron chi connectivity index (χ0n) is 18.1. The number of sulfonamides is 1. The minimum Gasteiger partial charge on any atom is -0.473 e. The number of nitrogens with one attached hydrogen (secondary N) is 2. The molecule has 180 valence electrons. The summed E-state index contributed by atoms with van der Waals surface area (Å²) >= 11 is 0. The Kier molecular flexibility index (Phi) is 9.57. The number of carbonyl (C=O) groups is 3. The molecule has 0 bridgehead atoms. The lowest BCUT2D eigenvalue weighted by Crippen LogP contribution is -2.35. The lowest BCUT2D eigenvalue weighted by atomic mass is 10.2. The molecule has 1 amide bonds. The van der Waals surface area contributed by atoms with E-state index in [1.54, 1.807) is 30.5 Å². The van der Waals surface area contributed by atoms with Crippen LogP contribution in [0.25, 0.3) is 0 Å². The topological polar surface area (TPSA) is 166 Å². The molecule has 0 saturated carbocycles. The van der Waals surface area contributed by atoms with Crippen molar-refractivity contribution in [1.29, 1.82) is 0 Å². The average molecular weight is 482 g/mol. The van der Waals surface area contributed by atoms with E-state index in [1.807, 2.05) is 13.0 Å². The van der Waals surface area contributed by atoms with E-state index in [0.29, 0.717) is 25.3 Å². The zero-order chi connectivity index (χ0) is 24.4. The summed E-state index contributed by atoms with van der Waals surface area (Å²) in [6, 6.07) is 8.48. The molecule has 12 heteroatoms. The Morgan fingerprint density at radius 2 is 1.73 bits per heavy atom. The number of furan rings is 1. The smallest absolute Gasteiger partial charge is 0.414 e. The number of carboxylic acid groups (broad SMARTS) is 2. The largest absolute Gasteiger partial charge is 0.473 e. The van der Waals surface area contributed by atoms with Gasteiger partial charge in [-0.2, -0.15) is 4.31 Å². The van der Waals surface area contributed by atoms with Crippen LogP contribution >= 0.6 is 0 Å². The maximum absolute atomic E-state index is 12.8. The van der Waals surface area contributed by atoms with Crippen LogP contribution in [-0.2, 0) is 31.0 Å². The molecule has 1 aliphatic rings. The highest BCUT2D eigenvalue weighted by molar-refractivity contribution is 7.89. The van der Waals surface area contributed by atoms with E-state index in [0.717, 1.165) is 30.6 Å². The van der Waals surface area contributed by atoms with Crippen LogP contribution in [0.4, 0.5) is 5.69 Å². The molecule has 11 nitrogen and oxygen atoms in total. The summed E-state index contributed by atoms with van der Waals surface area (Å²) in [5, 5.41) is 20.6. The van der Waals surface area contributed by atoms with Crippen LogP contribution in [0.2, 0.25) is 0 Å². The molecule has 3 rings (SSSR count). The van der Waals surface area contributed by atoms with Gasteiger partial charge in [0.05, 0.1) is 24.2 Å². The molecular weight excluding hydrogens is 454 g/mol. The van der Waals surface area contributed by atoms with Gasteiger partial charge in [0, 0.05) is 18.8 Å². The fraction of sp³-hybridized carbons (Fsp3) is 0.381. The van der Waals surface area contributed by atoms with E-state index in [-0.39, 0.29) is 17.3 Å². The number of aryl methyl sites for hydroxylation is 1. The van der Waals surface area contributed by atoms with Crippen LogP contribution in [0.1, 0.15) is 30.6 Å². The number of hydrogen-bond donors (Lipinski definition) is 4. The van der Waals surface area contributed by atoms with Crippen LogP contribution in [0, 0.1) is 6.92 Å². The third-order valence-corrected chi connectivity index (χ3v) is 6.68. The van der Waals surface area contributed by atoms with Gasteiger partial charge in [-0.3, -0.25) is 4.79 Å². The minimum atomic E-state index is -3.53. The molecular formula is C21H27N3O8S. The maximum Gasteiger partial charge on any atom is 0.414 e. The number of anilines is 1. The molecule has 1 aliphatic heterocycles. The van der Waals surface area contributed by atoms with Crippen LogP contribution in [0.5, 0.6) is 0 Å². The summed E-state index contributed by atoms with van der Waals surface area (Å²) in [4.78, 5) is 30.6. The fourth-order valence-electron chi connectivity index (χ4n) is 3.06. The monoisotopic (exact) mass is 481 g/mol. The standard InChI is InChI=1S/C19H25N3O4S.C2H2O4/c1-15-7-8-17(27(24,25)22-9-3-2-4-10-22)12-18(15)21-19(23)14-20-13-16-6-5-11-26-16;3-1(4)2(5)6/h5-8,11-12,20H,2-4,9-10,13-14H2,1H3,(H,21,23);(H,3,4)(H,5,6). The third-order valence-electron chi connectivity index (χ3n) is 4.78. The molecule has 1 fully saturated rings. The van der Waals surface area contributed by atoms with Gasteiger partial charge >= 0.3 is 11.9 Å². The average Bonchev–Trinajstić information content (AvgIpc) is 3.29. The second kappa shape index (κ2) is 12.1. The second-order valence-electron chi connectivity index (χ2n) is 7.28. The Balaban J connectivity index is 0.000000569. The van der Waals surface area contributed by atoms with Gasteiger partial charge in [0.1, 0.15) is 5.76 Å². The Morgan fingerprint density at radius 3 is 2.30 bits per heavy atom. The number of nitrogens with zero attached hydrogens (tertiary/aromatic N) is 1. The molecule has 1 aromatic carbocycles. The van der Waals surface area contributed by atoms with Gasteiger partial charge in [0.2, 0.25) is 15.9 Å². The number of benzene rings is 1. The molecule has 1 saturated heterocycles. The minimum absolute atomic E-state index is 0.100. The molecule has 4 N–H and O–H groups in total. The Labute approximate surface area is 191 Å². The molecule has 0 unspecified atom stereocenters. The molecule has 33 heavy (non-hydrogen) atoms. The van der Waals surface area contributed by atoms with Crippen LogP contribution in [0.15, 0.2) is 45.9 Å². The van der Waals surface area contributed by atoms with Gasteiger partial charge in [-0.25, -0.2) is 18.0 Å². The van der Waals surface area contributed by atoms with Crippen molar-refractivity contribution in [3.05, 3.63) is 47.9 Å². The number of carboxylic acids is 2. The highest BCUT2D eigenvalue weighted by Gasteiger charge is 2.26. The van der Waals surface area contributed by atoms with Crippen molar-refractivity contribution < 1.29 is 37.4 Å². The summed E-state index contributed by atoms with van der Waals surface area (Å²) in [6.45, 7) is 3.48. The number of hydrogen-bond acceptors (Lipinski definition) is 7. The quantitative estimate of drug-likeness (QED) is 0.430. The predicted molar refractivity (Wildman–Crippen MR) is 118 cm³/mol. The van der Waals surface area contributed by atoms with Crippen molar-refractivity contribution in [2.45, 2.75) is 37.6 Å². The van der Waals surface area contributed by atoms with Crippen molar-refractivity contribution in [3.63, 3.8) is 0 Å². The van der Waals surface area contributed by atoms with Gasteiger partial charge in [0.25, 0.3) is 0 Å². The first kappa shape index (κ1) is 26.0. The summed E-state index contributed by atoms with van der Waals surface area (Å²) in [5.74, 6) is -3.14. The number of aliphatic carboxylic acids is 2. The first-order valence-electron chi connectivity index (χ1n) is 10.2. The van der Waals surface area contributed by atoms with E-state index in [4.69, 9.17) is 24.2 Å². The van der Waals surface area contributed by atoms with Crippen molar-refractivity contribution in [3.8, 4) is 0 Å². The third kappa shape index (κ3) is 8.00. The van der Waals surface area contributed by atoms with E-state index in [2.05, 4.69) is 10.6 Å². The number of carbonyl (C=O) groups excluding carboxylic acids is 1. The van der Waals surface area contributed by atoms with Gasteiger partial charge in [0.15, 0.2) is 0 Å².